The van der Waals surface area contributed by atoms with E-state index in [1.165, 1.54) is 18.3 Å². The predicted octanol–water partition coefficient (Wildman–Crippen LogP) is 4.03. The van der Waals surface area contributed by atoms with Gasteiger partial charge in [-0.25, -0.2) is 19.4 Å². The van der Waals surface area contributed by atoms with Gasteiger partial charge in [-0.2, -0.15) is 0 Å². The maximum absolute atomic E-state index is 12.8. The van der Waals surface area contributed by atoms with Crippen LogP contribution in [-0.2, 0) is 19.0 Å². The summed E-state index contributed by atoms with van der Waals surface area (Å²) in [6, 6.07) is 2.94. The van der Waals surface area contributed by atoms with Gasteiger partial charge in [0.25, 0.3) is 5.91 Å². The minimum atomic E-state index is -1.18. The first-order valence-corrected chi connectivity index (χ1v) is 11.0. The second-order valence-corrected chi connectivity index (χ2v) is 7.71. The summed E-state index contributed by atoms with van der Waals surface area (Å²) in [4.78, 5) is 54.0. The smallest absolute Gasteiger partial charge is 0.348 e. The fourth-order valence-electron chi connectivity index (χ4n) is 2.69. The molecule has 11 heteroatoms. The Hall–Kier alpha value is -2.98. The molecule has 0 aliphatic rings. The topological polar surface area (TPSA) is 121 Å². The molecule has 2 rings (SSSR count). The standard InChI is InChI=1S/C21H23ClN2O7S/c1-5-13(31-19(26)12-9-8-10-23-16(12)22)17(25)24-18-14(20(27)29-6-2)11(4)15(32-18)21(28)30-7-3/h8-10,13H,5-7H2,1-4H3,(H,24,25). The minimum Gasteiger partial charge on any atom is -0.462 e. The van der Waals surface area contributed by atoms with E-state index in [4.69, 9.17) is 25.8 Å². The van der Waals surface area contributed by atoms with E-state index >= 15 is 0 Å². The van der Waals surface area contributed by atoms with Crippen LogP contribution in [0.25, 0.3) is 0 Å². The number of carbonyl (C=O) groups is 4. The van der Waals surface area contributed by atoms with Crippen molar-refractivity contribution >= 4 is 51.8 Å². The molecule has 0 radical (unpaired) electrons. The molecule has 1 atom stereocenters. The number of esters is 3. The summed E-state index contributed by atoms with van der Waals surface area (Å²) in [5.74, 6) is -2.81. The van der Waals surface area contributed by atoms with E-state index in [9.17, 15) is 19.2 Å². The van der Waals surface area contributed by atoms with E-state index in [0.29, 0.717) is 5.56 Å². The number of rotatable bonds is 9. The molecule has 0 aromatic carbocycles. The molecule has 1 N–H and O–H groups in total. The van der Waals surface area contributed by atoms with Crippen LogP contribution in [0, 0.1) is 6.92 Å². The fraction of sp³-hybridized carbons (Fsp3) is 0.381. The van der Waals surface area contributed by atoms with Crippen molar-refractivity contribution < 1.29 is 33.4 Å². The average Bonchev–Trinajstić information content (AvgIpc) is 3.08. The molecule has 2 aromatic rings. The summed E-state index contributed by atoms with van der Waals surface area (Å²) >= 11 is 6.79. The van der Waals surface area contributed by atoms with Gasteiger partial charge >= 0.3 is 17.9 Å². The Morgan fingerprint density at radius 2 is 1.75 bits per heavy atom. The highest BCUT2D eigenvalue weighted by molar-refractivity contribution is 7.18. The zero-order chi connectivity index (χ0) is 23.8. The Balaban J connectivity index is 2.30. The molecule has 172 valence electrons. The predicted molar refractivity (Wildman–Crippen MR) is 118 cm³/mol. The number of amides is 1. The third kappa shape index (κ3) is 5.83. The van der Waals surface area contributed by atoms with Gasteiger partial charge in [0.1, 0.15) is 15.0 Å². The number of pyridine rings is 1. The van der Waals surface area contributed by atoms with E-state index < -0.39 is 29.9 Å². The third-order valence-electron chi connectivity index (χ3n) is 4.22. The monoisotopic (exact) mass is 482 g/mol. The Morgan fingerprint density at radius 1 is 1.09 bits per heavy atom. The molecule has 9 nitrogen and oxygen atoms in total. The Kier molecular flexibility index (Phi) is 9.15. The largest absolute Gasteiger partial charge is 0.462 e. The number of thiophene rings is 1. The van der Waals surface area contributed by atoms with Gasteiger partial charge in [-0.1, -0.05) is 18.5 Å². The summed E-state index contributed by atoms with van der Waals surface area (Å²) in [6.45, 7) is 6.77. The van der Waals surface area contributed by atoms with Crippen LogP contribution in [-0.4, -0.2) is 48.1 Å². The lowest BCUT2D eigenvalue weighted by molar-refractivity contribution is -0.124. The molecular weight excluding hydrogens is 460 g/mol. The van der Waals surface area contributed by atoms with Crippen LogP contribution in [0.3, 0.4) is 0 Å². The lowest BCUT2D eigenvalue weighted by Gasteiger charge is -2.16. The van der Waals surface area contributed by atoms with Gasteiger partial charge in [0.05, 0.1) is 24.3 Å². The normalized spacial score (nSPS) is 11.4. The van der Waals surface area contributed by atoms with Gasteiger partial charge in [0.15, 0.2) is 6.10 Å². The Labute approximate surface area is 194 Å². The number of anilines is 1. The lowest BCUT2D eigenvalue weighted by Crippen LogP contribution is -2.32. The third-order valence-corrected chi connectivity index (χ3v) is 5.70. The highest BCUT2D eigenvalue weighted by Crippen LogP contribution is 2.34. The summed E-state index contributed by atoms with van der Waals surface area (Å²) in [5.41, 5.74) is 0.392. The molecule has 1 unspecified atom stereocenters. The molecule has 32 heavy (non-hydrogen) atoms. The molecular formula is C21H23ClN2O7S. The Bertz CT molecular complexity index is 1020. The molecule has 0 fully saturated rings. The summed E-state index contributed by atoms with van der Waals surface area (Å²) in [7, 11) is 0. The molecule has 0 spiro atoms. The number of aromatic nitrogens is 1. The number of hydrogen-bond donors (Lipinski definition) is 1. The first-order chi connectivity index (χ1) is 15.2. The fourth-order valence-corrected chi connectivity index (χ4v) is 3.98. The maximum atomic E-state index is 12.8. The number of nitrogens with one attached hydrogen (secondary N) is 1. The van der Waals surface area contributed by atoms with Crippen LogP contribution in [0.1, 0.15) is 63.1 Å². The lowest BCUT2D eigenvalue weighted by atomic mass is 10.1. The highest BCUT2D eigenvalue weighted by Gasteiger charge is 2.30. The van der Waals surface area contributed by atoms with E-state index in [2.05, 4.69) is 10.3 Å². The number of ether oxygens (including phenoxy) is 3. The van der Waals surface area contributed by atoms with E-state index in [1.54, 1.807) is 27.7 Å². The summed E-state index contributed by atoms with van der Waals surface area (Å²) in [6.07, 6.45) is 0.391. The van der Waals surface area contributed by atoms with E-state index in [-0.39, 0.29) is 45.8 Å². The van der Waals surface area contributed by atoms with Crippen molar-refractivity contribution in [3.63, 3.8) is 0 Å². The molecule has 0 bridgehead atoms. The number of halogens is 1. The van der Waals surface area contributed by atoms with Crippen LogP contribution in [0.2, 0.25) is 5.15 Å². The van der Waals surface area contributed by atoms with Gasteiger partial charge in [0.2, 0.25) is 0 Å². The number of carbonyl (C=O) groups excluding carboxylic acids is 4. The Morgan fingerprint density at radius 3 is 2.34 bits per heavy atom. The van der Waals surface area contributed by atoms with Crippen LogP contribution >= 0.6 is 22.9 Å². The highest BCUT2D eigenvalue weighted by atomic mass is 35.5. The number of nitrogens with zero attached hydrogens (tertiary/aromatic N) is 1. The van der Waals surface area contributed by atoms with Crippen molar-refractivity contribution in [2.24, 2.45) is 0 Å². The molecule has 0 saturated carbocycles. The quantitative estimate of drug-likeness (QED) is 0.323. The van der Waals surface area contributed by atoms with Crippen LogP contribution < -0.4 is 5.32 Å². The van der Waals surface area contributed by atoms with Gasteiger partial charge in [-0.3, -0.25) is 4.79 Å². The second-order valence-electron chi connectivity index (χ2n) is 6.33. The van der Waals surface area contributed by atoms with Crippen molar-refractivity contribution in [1.29, 1.82) is 0 Å². The van der Waals surface area contributed by atoms with Gasteiger partial charge in [-0.15, -0.1) is 11.3 Å². The maximum Gasteiger partial charge on any atom is 0.348 e. The SMILES string of the molecule is CCOC(=O)c1sc(NC(=O)C(CC)OC(=O)c2cccnc2Cl)c(C(=O)OCC)c1C. The van der Waals surface area contributed by atoms with Gasteiger partial charge in [-0.05, 0) is 44.9 Å². The zero-order valence-electron chi connectivity index (χ0n) is 18.0. The van der Waals surface area contributed by atoms with Crippen molar-refractivity contribution in [2.45, 2.75) is 40.2 Å². The summed E-state index contributed by atoms with van der Waals surface area (Å²) < 4.78 is 15.4. The van der Waals surface area contributed by atoms with E-state index in [1.807, 2.05) is 0 Å². The van der Waals surface area contributed by atoms with Crippen molar-refractivity contribution in [3.05, 3.63) is 45.1 Å². The molecule has 0 saturated heterocycles. The van der Waals surface area contributed by atoms with Crippen molar-refractivity contribution in [3.8, 4) is 0 Å². The van der Waals surface area contributed by atoms with Crippen LogP contribution in [0.4, 0.5) is 5.00 Å². The molecule has 2 heterocycles. The molecule has 0 aliphatic heterocycles. The van der Waals surface area contributed by atoms with Crippen LogP contribution in [0.15, 0.2) is 18.3 Å². The van der Waals surface area contributed by atoms with Gasteiger partial charge in [0, 0.05) is 6.20 Å². The summed E-state index contributed by atoms with van der Waals surface area (Å²) in [5, 5.41) is 2.62. The number of hydrogen-bond acceptors (Lipinski definition) is 9. The average molecular weight is 483 g/mol. The molecule has 2 aromatic heterocycles. The zero-order valence-corrected chi connectivity index (χ0v) is 19.6. The van der Waals surface area contributed by atoms with Crippen molar-refractivity contribution in [1.82, 2.24) is 4.98 Å². The van der Waals surface area contributed by atoms with Crippen LogP contribution in [0.5, 0.6) is 0 Å². The van der Waals surface area contributed by atoms with Crippen molar-refractivity contribution in [2.75, 3.05) is 18.5 Å². The van der Waals surface area contributed by atoms with E-state index in [0.717, 1.165) is 11.3 Å². The second kappa shape index (κ2) is 11.6. The first-order valence-electron chi connectivity index (χ1n) is 9.84. The molecule has 1 amide bonds. The first kappa shape index (κ1) is 25.3. The molecule has 0 aliphatic carbocycles. The van der Waals surface area contributed by atoms with Gasteiger partial charge < -0.3 is 19.5 Å². The minimum absolute atomic E-state index is 0.0178.